The number of hydrogen-bond acceptors (Lipinski definition) is 0. The second kappa shape index (κ2) is 12.0. The molecule has 0 fully saturated rings. The lowest BCUT2D eigenvalue weighted by Crippen LogP contribution is -2.60. The number of benzene rings is 8. The van der Waals surface area contributed by atoms with Gasteiger partial charge in [-0.05, 0) is 108 Å². The molecule has 0 saturated heterocycles. The summed E-state index contributed by atoms with van der Waals surface area (Å²) < 4.78 is 5.30. The molecular formula is C56H45BN2. The predicted octanol–water partition coefficient (Wildman–Crippen LogP) is 12.6. The van der Waals surface area contributed by atoms with Crippen molar-refractivity contribution >= 4 is 66.6 Å². The maximum atomic E-state index is 2.66. The van der Waals surface area contributed by atoms with Gasteiger partial charge in [-0.15, -0.1) is 0 Å². The van der Waals surface area contributed by atoms with Gasteiger partial charge >= 0.3 is 0 Å². The van der Waals surface area contributed by atoms with Crippen LogP contribution < -0.4 is 16.4 Å². The second-order valence-electron chi connectivity index (χ2n) is 19.0. The van der Waals surface area contributed by atoms with E-state index >= 15 is 0 Å². The number of nitrogens with zero attached hydrogens (tertiary/aromatic N) is 2. The molecule has 0 spiro atoms. The third-order valence-electron chi connectivity index (χ3n) is 13.4. The van der Waals surface area contributed by atoms with Crippen LogP contribution in [0.4, 0.5) is 0 Å². The molecule has 0 atom stereocenters. The summed E-state index contributed by atoms with van der Waals surface area (Å²) in [6.45, 7) is 14.1. The minimum Gasteiger partial charge on any atom is -0.310 e. The van der Waals surface area contributed by atoms with Crippen LogP contribution in [0.15, 0.2) is 164 Å². The first-order valence-electron chi connectivity index (χ1n) is 21.1. The van der Waals surface area contributed by atoms with Gasteiger partial charge in [-0.3, -0.25) is 0 Å². The summed E-state index contributed by atoms with van der Waals surface area (Å²) in [6.07, 6.45) is 0. The van der Waals surface area contributed by atoms with E-state index in [4.69, 9.17) is 0 Å². The maximum Gasteiger partial charge on any atom is 0.253 e. The fourth-order valence-corrected chi connectivity index (χ4v) is 10.5. The first-order chi connectivity index (χ1) is 28.6. The second-order valence-corrected chi connectivity index (χ2v) is 19.0. The summed E-state index contributed by atoms with van der Waals surface area (Å²) in [7, 11) is 0. The smallest absolute Gasteiger partial charge is 0.253 e. The SMILES string of the molecule is CC(C)(C)c1ccc2c(c1)c1cc(C(C)(C)C)cc3c1n2-c1cc(-c2ccccc2)cc2c1B3c1c3ccccc3cc3c(-c4ccccc4)c(-c4ccccc4)n-2c13. The highest BCUT2D eigenvalue weighted by Gasteiger charge is 2.44. The van der Waals surface area contributed by atoms with Crippen molar-refractivity contribution in [1.29, 1.82) is 0 Å². The standard InChI is InChI=1S/C56H45BN2/c1-55(2,3)39-26-27-46-42(31-39)43-32-40(56(4,5)6)33-45-53(43)58(46)47-29-38(34-18-10-7-11-19-34)30-48-51(47)57(45)50-41-25-17-16-24-37(41)28-44-49(35-20-12-8-13-21-35)52(59(48)54(44)50)36-22-14-9-15-23-36/h7-33H,1-6H3. The fourth-order valence-electron chi connectivity index (χ4n) is 10.5. The lowest BCUT2D eigenvalue weighted by atomic mass is 9.33. The molecule has 8 aromatic carbocycles. The van der Waals surface area contributed by atoms with E-state index in [1.807, 2.05) is 0 Å². The molecule has 0 bridgehead atoms. The predicted molar refractivity (Wildman–Crippen MR) is 253 cm³/mol. The highest BCUT2D eigenvalue weighted by molar-refractivity contribution is 7.01. The zero-order chi connectivity index (χ0) is 39.9. The Morgan fingerprint density at radius 1 is 0.407 bits per heavy atom. The van der Waals surface area contributed by atoms with Crippen LogP contribution in [0.25, 0.3) is 88.4 Å². The molecule has 0 unspecified atom stereocenters. The molecule has 2 nitrogen and oxygen atoms in total. The van der Waals surface area contributed by atoms with E-state index in [1.54, 1.807) is 0 Å². The van der Waals surface area contributed by atoms with Crippen molar-refractivity contribution in [2.75, 3.05) is 0 Å². The van der Waals surface area contributed by atoms with Crippen molar-refractivity contribution < 1.29 is 0 Å². The molecule has 4 heterocycles. The third-order valence-corrected chi connectivity index (χ3v) is 13.4. The Hall–Kier alpha value is -6.58. The van der Waals surface area contributed by atoms with Crippen molar-refractivity contribution in [2.45, 2.75) is 52.4 Å². The lowest BCUT2D eigenvalue weighted by Gasteiger charge is -2.36. The van der Waals surface area contributed by atoms with Crippen molar-refractivity contribution in [3.05, 3.63) is 175 Å². The normalized spacial score (nSPS) is 13.2. The Balaban J connectivity index is 1.36. The van der Waals surface area contributed by atoms with E-state index in [0.29, 0.717) is 0 Å². The Bertz CT molecular complexity index is 3370. The first kappa shape index (κ1) is 34.5. The zero-order valence-electron chi connectivity index (χ0n) is 34.6. The fraction of sp³-hybridized carbons (Fsp3) is 0.143. The molecule has 0 amide bonds. The van der Waals surface area contributed by atoms with Crippen LogP contribution in [0, 0.1) is 0 Å². The van der Waals surface area contributed by atoms with Crippen LogP contribution in [0.2, 0.25) is 0 Å². The maximum absolute atomic E-state index is 2.66. The molecule has 59 heavy (non-hydrogen) atoms. The van der Waals surface area contributed by atoms with Gasteiger partial charge in [0.05, 0.1) is 16.7 Å². The molecule has 0 radical (unpaired) electrons. The van der Waals surface area contributed by atoms with E-state index in [1.165, 1.54) is 116 Å². The Kier molecular flexibility index (Phi) is 7.00. The van der Waals surface area contributed by atoms with Gasteiger partial charge in [0.25, 0.3) is 6.71 Å². The lowest BCUT2D eigenvalue weighted by molar-refractivity contribution is 0.590. The van der Waals surface area contributed by atoms with Crippen LogP contribution in [0.5, 0.6) is 0 Å². The monoisotopic (exact) mass is 756 g/mol. The van der Waals surface area contributed by atoms with Gasteiger partial charge < -0.3 is 9.13 Å². The van der Waals surface area contributed by atoms with Crippen LogP contribution in [-0.4, -0.2) is 15.8 Å². The molecule has 2 aliphatic rings. The largest absolute Gasteiger partial charge is 0.310 e. The average molecular weight is 757 g/mol. The van der Waals surface area contributed by atoms with E-state index < -0.39 is 0 Å². The Morgan fingerprint density at radius 3 is 1.68 bits per heavy atom. The topological polar surface area (TPSA) is 9.86 Å². The van der Waals surface area contributed by atoms with E-state index in [0.717, 1.165) is 0 Å². The van der Waals surface area contributed by atoms with Crippen molar-refractivity contribution in [1.82, 2.24) is 9.13 Å². The quantitative estimate of drug-likeness (QED) is 0.159. The number of hydrogen-bond donors (Lipinski definition) is 0. The van der Waals surface area contributed by atoms with E-state index in [-0.39, 0.29) is 17.5 Å². The van der Waals surface area contributed by atoms with Crippen LogP contribution >= 0.6 is 0 Å². The van der Waals surface area contributed by atoms with Gasteiger partial charge in [-0.25, -0.2) is 0 Å². The molecule has 2 aromatic heterocycles. The molecule has 10 aromatic rings. The highest BCUT2D eigenvalue weighted by Crippen LogP contribution is 2.47. The Morgan fingerprint density at radius 2 is 1.00 bits per heavy atom. The summed E-state index contributed by atoms with van der Waals surface area (Å²) in [5, 5.41) is 6.57. The molecule has 282 valence electrons. The number of rotatable bonds is 3. The summed E-state index contributed by atoms with van der Waals surface area (Å²) in [4.78, 5) is 0. The van der Waals surface area contributed by atoms with Gasteiger partial charge in [0.2, 0.25) is 0 Å². The average Bonchev–Trinajstić information content (AvgIpc) is 3.77. The van der Waals surface area contributed by atoms with Crippen LogP contribution in [0.1, 0.15) is 52.7 Å². The van der Waals surface area contributed by atoms with Gasteiger partial charge in [0.1, 0.15) is 0 Å². The van der Waals surface area contributed by atoms with Gasteiger partial charge in [-0.2, -0.15) is 0 Å². The molecule has 0 aliphatic carbocycles. The summed E-state index contributed by atoms with van der Waals surface area (Å²) in [5.41, 5.74) is 20.7. The van der Waals surface area contributed by atoms with Gasteiger partial charge in [0.15, 0.2) is 0 Å². The van der Waals surface area contributed by atoms with Crippen molar-refractivity contribution in [3.63, 3.8) is 0 Å². The number of aromatic nitrogens is 2. The molecule has 0 saturated carbocycles. The van der Waals surface area contributed by atoms with Crippen LogP contribution in [-0.2, 0) is 10.8 Å². The summed E-state index contributed by atoms with van der Waals surface area (Å²) in [5.74, 6) is 0. The minimum absolute atomic E-state index is 0.0109. The van der Waals surface area contributed by atoms with Gasteiger partial charge in [0, 0.05) is 38.6 Å². The molecule has 0 N–H and O–H groups in total. The highest BCUT2D eigenvalue weighted by atomic mass is 15.0. The zero-order valence-corrected chi connectivity index (χ0v) is 34.6. The van der Waals surface area contributed by atoms with E-state index in [2.05, 4.69) is 214 Å². The van der Waals surface area contributed by atoms with Crippen molar-refractivity contribution in [2.24, 2.45) is 0 Å². The first-order valence-corrected chi connectivity index (χ1v) is 21.1. The molecule has 12 rings (SSSR count). The summed E-state index contributed by atoms with van der Waals surface area (Å²) >= 11 is 0. The van der Waals surface area contributed by atoms with E-state index in [9.17, 15) is 0 Å². The van der Waals surface area contributed by atoms with Crippen LogP contribution in [0.3, 0.4) is 0 Å². The van der Waals surface area contributed by atoms with Crippen molar-refractivity contribution in [3.8, 4) is 44.9 Å². The molecule has 2 aliphatic heterocycles. The molecule has 3 heteroatoms. The number of fused-ring (bicyclic) bond motifs is 9. The third kappa shape index (κ3) is 4.82. The van der Waals surface area contributed by atoms with Gasteiger partial charge in [-0.1, -0.05) is 169 Å². The molecular weight excluding hydrogens is 711 g/mol. The Labute approximate surface area is 346 Å². The minimum atomic E-state index is -0.0507. The summed E-state index contributed by atoms with van der Waals surface area (Å²) in [6, 6.07) is 62.1.